The van der Waals surface area contributed by atoms with Crippen molar-refractivity contribution >= 4 is 22.7 Å². The zero-order valence-electron chi connectivity index (χ0n) is 9.56. The van der Waals surface area contributed by atoms with Crippen LogP contribution in [0.3, 0.4) is 0 Å². The van der Waals surface area contributed by atoms with Gasteiger partial charge in [0.05, 0.1) is 0 Å². The standard InChI is InChI=1S/C5H12.2C4H4S/c1-3-5-4-2;2*1-2-4-5-3-1/h3-5H2,1-2H3;2*1-4H. The van der Waals surface area contributed by atoms with Crippen molar-refractivity contribution in [3.63, 3.8) is 0 Å². The molecule has 0 saturated heterocycles. The highest BCUT2D eigenvalue weighted by atomic mass is 32.1. The molecule has 2 heterocycles. The molecule has 0 aliphatic rings. The Kier molecular flexibility index (Phi) is 12.9. The fourth-order valence-corrected chi connectivity index (χ4v) is 1.71. The molecule has 0 unspecified atom stereocenters. The zero-order chi connectivity index (χ0) is 11.2. The lowest BCUT2D eigenvalue weighted by Crippen LogP contribution is -1.59. The second-order valence-corrected chi connectivity index (χ2v) is 4.57. The maximum atomic E-state index is 2.21. The maximum absolute atomic E-state index is 2.21. The summed E-state index contributed by atoms with van der Waals surface area (Å²) in [5, 5.41) is 8.17. The Morgan fingerprint density at radius 1 is 0.667 bits per heavy atom. The van der Waals surface area contributed by atoms with E-state index in [0.717, 1.165) is 0 Å². The first-order valence-electron chi connectivity index (χ1n) is 5.36. The van der Waals surface area contributed by atoms with E-state index in [4.69, 9.17) is 0 Å². The van der Waals surface area contributed by atoms with Crippen LogP contribution in [-0.2, 0) is 0 Å². The molecular weight excluding hydrogens is 220 g/mol. The summed E-state index contributed by atoms with van der Waals surface area (Å²) in [6, 6.07) is 8.07. The van der Waals surface area contributed by atoms with Crippen molar-refractivity contribution < 1.29 is 0 Å². The van der Waals surface area contributed by atoms with E-state index < -0.39 is 0 Å². The second-order valence-electron chi connectivity index (χ2n) is 2.94. The molecule has 84 valence electrons. The van der Waals surface area contributed by atoms with Crippen LogP contribution in [0.15, 0.2) is 45.8 Å². The normalized spacial score (nSPS) is 8.13. The minimum absolute atomic E-state index is 1.34. The number of hydrogen-bond donors (Lipinski definition) is 0. The molecule has 0 N–H and O–H groups in total. The lowest BCUT2D eigenvalue weighted by atomic mass is 10.3. The molecule has 2 rings (SSSR count). The second kappa shape index (κ2) is 13.4. The van der Waals surface area contributed by atoms with E-state index in [-0.39, 0.29) is 0 Å². The Morgan fingerprint density at radius 3 is 1.07 bits per heavy atom. The van der Waals surface area contributed by atoms with Gasteiger partial charge in [0.1, 0.15) is 0 Å². The topological polar surface area (TPSA) is 0 Å². The van der Waals surface area contributed by atoms with E-state index in [1.54, 1.807) is 22.7 Å². The molecule has 2 aromatic rings. The summed E-state index contributed by atoms with van der Waals surface area (Å²) in [5.74, 6) is 0. The minimum Gasteiger partial charge on any atom is -0.152 e. The van der Waals surface area contributed by atoms with Crippen molar-refractivity contribution in [2.45, 2.75) is 33.1 Å². The summed E-state index contributed by atoms with van der Waals surface area (Å²) in [6.45, 7) is 4.42. The third-order valence-corrected chi connectivity index (χ3v) is 2.81. The van der Waals surface area contributed by atoms with Gasteiger partial charge in [-0.25, -0.2) is 0 Å². The smallest absolute Gasteiger partial charge is 0.00934 e. The predicted octanol–water partition coefficient (Wildman–Crippen LogP) is 5.69. The quantitative estimate of drug-likeness (QED) is 0.632. The van der Waals surface area contributed by atoms with Crippen molar-refractivity contribution in [1.82, 2.24) is 0 Å². The Balaban J connectivity index is 0.000000196. The van der Waals surface area contributed by atoms with E-state index in [2.05, 4.69) is 13.8 Å². The number of unbranched alkanes of at least 4 members (excludes halogenated alkanes) is 2. The monoisotopic (exact) mass is 240 g/mol. The van der Waals surface area contributed by atoms with E-state index in [9.17, 15) is 0 Å². The van der Waals surface area contributed by atoms with Gasteiger partial charge in [-0.15, -0.1) is 0 Å². The molecule has 0 amide bonds. The molecule has 15 heavy (non-hydrogen) atoms. The highest BCUT2D eigenvalue weighted by Crippen LogP contribution is 1.92. The molecule has 0 bridgehead atoms. The first-order valence-corrected chi connectivity index (χ1v) is 7.24. The van der Waals surface area contributed by atoms with E-state index in [1.165, 1.54) is 19.3 Å². The van der Waals surface area contributed by atoms with Crippen molar-refractivity contribution in [1.29, 1.82) is 0 Å². The average Bonchev–Trinajstić information content (AvgIpc) is 2.99. The highest BCUT2D eigenvalue weighted by molar-refractivity contribution is 7.08. The van der Waals surface area contributed by atoms with Crippen LogP contribution in [-0.4, -0.2) is 0 Å². The third kappa shape index (κ3) is 13.4. The van der Waals surface area contributed by atoms with Gasteiger partial charge in [0.15, 0.2) is 0 Å². The summed E-state index contributed by atoms with van der Waals surface area (Å²) >= 11 is 3.43. The molecule has 2 aromatic heterocycles. The van der Waals surface area contributed by atoms with Gasteiger partial charge < -0.3 is 0 Å². The van der Waals surface area contributed by atoms with Gasteiger partial charge >= 0.3 is 0 Å². The third-order valence-electron chi connectivity index (χ3n) is 1.56. The number of hydrogen-bond acceptors (Lipinski definition) is 2. The van der Waals surface area contributed by atoms with Crippen LogP contribution in [0.5, 0.6) is 0 Å². The van der Waals surface area contributed by atoms with Gasteiger partial charge in [0, 0.05) is 0 Å². The fraction of sp³-hybridized carbons (Fsp3) is 0.385. The van der Waals surface area contributed by atoms with Gasteiger partial charge in [-0.1, -0.05) is 57.4 Å². The lowest BCUT2D eigenvalue weighted by Gasteiger charge is -1.79. The Bertz CT molecular complexity index is 183. The molecular formula is C13H20S2. The molecule has 0 radical (unpaired) electrons. The van der Waals surface area contributed by atoms with Crippen LogP contribution >= 0.6 is 22.7 Å². The predicted molar refractivity (Wildman–Crippen MR) is 73.8 cm³/mol. The molecule has 0 aliphatic carbocycles. The van der Waals surface area contributed by atoms with E-state index in [0.29, 0.717) is 0 Å². The summed E-state index contributed by atoms with van der Waals surface area (Å²) in [6.07, 6.45) is 4.08. The molecule has 0 fully saturated rings. The average molecular weight is 240 g/mol. The van der Waals surface area contributed by atoms with E-state index >= 15 is 0 Å². The first kappa shape index (κ1) is 14.4. The van der Waals surface area contributed by atoms with Crippen molar-refractivity contribution in [3.8, 4) is 0 Å². The van der Waals surface area contributed by atoms with Crippen LogP contribution < -0.4 is 0 Å². The molecule has 2 heteroatoms. The van der Waals surface area contributed by atoms with Gasteiger partial charge in [-0.3, -0.25) is 0 Å². The SMILES string of the molecule is CCCCC.c1ccsc1.c1ccsc1. The van der Waals surface area contributed by atoms with Crippen LogP contribution in [0, 0.1) is 0 Å². The first-order chi connectivity index (χ1) is 7.41. The summed E-state index contributed by atoms with van der Waals surface area (Å²) in [4.78, 5) is 0. The van der Waals surface area contributed by atoms with Crippen molar-refractivity contribution in [2.24, 2.45) is 0 Å². The molecule has 0 atom stereocenters. The summed E-state index contributed by atoms with van der Waals surface area (Å²) in [7, 11) is 0. The van der Waals surface area contributed by atoms with Crippen LogP contribution in [0.4, 0.5) is 0 Å². The van der Waals surface area contributed by atoms with Crippen molar-refractivity contribution in [3.05, 3.63) is 45.8 Å². The van der Waals surface area contributed by atoms with E-state index in [1.807, 2.05) is 45.8 Å². The van der Waals surface area contributed by atoms with Crippen LogP contribution in [0.1, 0.15) is 33.1 Å². The minimum atomic E-state index is 1.34. The van der Waals surface area contributed by atoms with Gasteiger partial charge in [-0.05, 0) is 21.5 Å². The molecule has 0 spiro atoms. The molecule has 0 nitrogen and oxygen atoms in total. The summed E-state index contributed by atoms with van der Waals surface area (Å²) in [5.41, 5.74) is 0. The van der Waals surface area contributed by atoms with Gasteiger partial charge in [-0.2, -0.15) is 22.7 Å². The van der Waals surface area contributed by atoms with Crippen LogP contribution in [0.25, 0.3) is 0 Å². The lowest BCUT2D eigenvalue weighted by molar-refractivity contribution is 0.772. The summed E-state index contributed by atoms with van der Waals surface area (Å²) < 4.78 is 0. The Labute approximate surface area is 102 Å². The molecule has 0 aliphatic heterocycles. The Morgan fingerprint density at radius 2 is 1.00 bits per heavy atom. The maximum Gasteiger partial charge on any atom is -0.00934 e. The van der Waals surface area contributed by atoms with Gasteiger partial charge in [0.2, 0.25) is 0 Å². The fourth-order valence-electron chi connectivity index (χ4n) is 0.807. The highest BCUT2D eigenvalue weighted by Gasteiger charge is 1.68. The molecule has 0 aromatic carbocycles. The largest absolute Gasteiger partial charge is 0.152 e. The van der Waals surface area contributed by atoms with Gasteiger partial charge in [0.25, 0.3) is 0 Å². The zero-order valence-corrected chi connectivity index (χ0v) is 11.2. The number of thiophene rings is 2. The molecule has 0 saturated carbocycles. The Hall–Kier alpha value is -0.600. The van der Waals surface area contributed by atoms with Crippen LogP contribution in [0.2, 0.25) is 0 Å². The number of rotatable bonds is 2. The van der Waals surface area contributed by atoms with Crippen molar-refractivity contribution in [2.75, 3.05) is 0 Å².